The molecule has 2 N–H and O–H groups in total. The summed E-state index contributed by atoms with van der Waals surface area (Å²) >= 11 is 0. The van der Waals surface area contributed by atoms with E-state index in [1.165, 1.54) is 11.1 Å². The molecule has 0 saturated heterocycles. The van der Waals surface area contributed by atoms with Crippen molar-refractivity contribution in [3.05, 3.63) is 64.2 Å². The van der Waals surface area contributed by atoms with Gasteiger partial charge >= 0.3 is 0 Å². The molecular weight excluding hydrogens is 376 g/mol. The first-order chi connectivity index (χ1) is 14.2. The fourth-order valence-corrected chi connectivity index (χ4v) is 3.81. The molecule has 1 aliphatic heterocycles. The zero-order chi connectivity index (χ0) is 21.9. The number of aromatic hydroxyl groups is 2. The molecule has 0 saturated carbocycles. The van der Waals surface area contributed by atoms with E-state index in [-0.39, 0.29) is 11.5 Å². The predicted molar refractivity (Wildman–Crippen MR) is 122 cm³/mol. The Morgan fingerprint density at radius 1 is 1.10 bits per heavy atom. The zero-order valence-corrected chi connectivity index (χ0v) is 18.6. The Balaban J connectivity index is 1.89. The van der Waals surface area contributed by atoms with Gasteiger partial charge in [-0.1, -0.05) is 23.8 Å². The minimum atomic E-state index is -0.435. The molecule has 2 aromatic rings. The lowest BCUT2D eigenvalue weighted by Crippen LogP contribution is -2.28. The maximum atomic E-state index is 10.7. The molecule has 4 nitrogen and oxygen atoms in total. The highest BCUT2D eigenvalue weighted by atomic mass is 16.5. The number of fused-ring (bicyclic) bond motifs is 1. The van der Waals surface area contributed by atoms with Crippen molar-refractivity contribution in [2.75, 3.05) is 7.11 Å². The molecule has 3 rings (SSSR count). The van der Waals surface area contributed by atoms with E-state index in [0.29, 0.717) is 11.5 Å². The van der Waals surface area contributed by atoms with Crippen LogP contribution in [0.4, 0.5) is 0 Å². The highest BCUT2D eigenvalue weighted by molar-refractivity contribution is 5.70. The molecule has 0 unspecified atom stereocenters. The van der Waals surface area contributed by atoms with Gasteiger partial charge in [0.2, 0.25) is 0 Å². The standard InChI is InChI=1S/C26H32O4/c1-17(2)9-12-21-19(8-6-7-18-10-11-20(27)16-24(18)29-5)15-23(28)25-22(21)13-14-26(3,4)30-25/h9-11,13-16,27-28H,6-8,12H2,1-5H3. The maximum absolute atomic E-state index is 10.7. The lowest BCUT2D eigenvalue weighted by molar-refractivity contribution is 0.152. The van der Waals surface area contributed by atoms with Gasteiger partial charge in [0.25, 0.3) is 0 Å². The highest BCUT2D eigenvalue weighted by Crippen LogP contribution is 2.42. The largest absolute Gasteiger partial charge is 0.508 e. The summed E-state index contributed by atoms with van der Waals surface area (Å²) in [7, 11) is 1.62. The van der Waals surface area contributed by atoms with Gasteiger partial charge in [0.1, 0.15) is 17.1 Å². The van der Waals surface area contributed by atoms with Crippen LogP contribution in [-0.4, -0.2) is 22.9 Å². The highest BCUT2D eigenvalue weighted by Gasteiger charge is 2.27. The molecule has 0 spiro atoms. The number of ether oxygens (including phenoxy) is 2. The summed E-state index contributed by atoms with van der Waals surface area (Å²) in [5, 5.41) is 20.3. The van der Waals surface area contributed by atoms with Crippen LogP contribution in [0.25, 0.3) is 6.08 Å². The number of allylic oxidation sites excluding steroid dienone is 2. The average Bonchev–Trinajstić information content (AvgIpc) is 2.68. The van der Waals surface area contributed by atoms with Crippen LogP contribution in [0.15, 0.2) is 42.0 Å². The van der Waals surface area contributed by atoms with Gasteiger partial charge in [-0.2, -0.15) is 0 Å². The first kappa shape index (κ1) is 21.8. The summed E-state index contributed by atoms with van der Waals surface area (Å²) < 4.78 is 11.5. The van der Waals surface area contributed by atoms with Crippen LogP contribution in [0.2, 0.25) is 0 Å². The Bertz CT molecular complexity index is 979. The van der Waals surface area contributed by atoms with E-state index < -0.39 is 5.60 Å². The summed E-state index contributed by atoms with van der Waals surface area (Å²) in [6.45, 7) is 8.17. The lowest BCUT2D eigenvalue weighted by Gasteiger charge is -2.30. The van der Waals surface area contributed by atoms with Gasteiger partial charge in [-0.05, 0) is 88.3 Å². The Hall–Kier alpha value is -2.88. The summed E-state index contributed by atoms with van der Waals surface area (Å²) in [5.41, 5.74) is 5.20. The second kappa shape index (κ2) is 8.86. The fourth-order valence-electron chi connectivity index (χ4n) is 3.81. The molecule has 30 heavy (non-hydrogen) atoms. The maximum Gasteiger partial charge on any atom is 0.169 e. The molecule has 160 valence electrons. The quantitative estimate of drug-likeness (QED) is 0.554. The van der Waals surface area contributed by atoms with E-state index in [4.69, 9.17) is 9.47 Å². The SMILES string of the molecule is COc1cc(O)ccc1CCCc1cc(O)c2c(c1CC=C(C)C)C=CC(C)(C)O2. The van der Waals surface area contributed by atoms with E-state index >= 15 is 0 Å². The van der Waals surface area contributed by atoms with Gasteiger partial charge < -0.3 is 19.7 Å². The van der Waals surface area contributed by atoms with Gasteiger partial charge in [0.05, 0.1) is 7.11 Å². The van der Waals surface area contributed by atoms with E-state index in [0.717, 1.165) is 42.4 Å². The average molecular weight is 409 g/mol. The minimum absolute atomic E-state index is 0.195. The fraction of sp³-hybridized carbons (Fsp3) is 0.385. The van der Waals surface area contributed by atoms with Crippen LogP contribution in [-0.2, 0) is 19.3 Å². The Kier molecular flexibility index (Phi) is 6.45. The monoisotopic (exact) mass is 408 g/mol. The van der Waals surface area contributed by atoms with Crippen LogP contribution in [0.1, 0.15) is 56.4 Å². The molecule has 1 heterocycles. The Morgan fingerprint density at radius 3 is 2.53 bits per heavy atom. The van der Waals surface area contributed by atoms with Crippen molar-refractivity contribution in [2.45, 2.75) is 59.0 Å². The van der Waals surface area contributed by atoms with Gasteiger partial charge in [-0.25, -0.2) is 0 Å². The van der Waals surface area contributed by atoms with E-state index in [9.17, 15) is 10.2 Å². The molecule has 2 aromatic carbocycles. The predicted octanol–water partition coefficient (Wildman–Crippen LogP) is 5.97. The normalized spacial score (nSPS) is 14.0. The second-order valence-electron chi connectivity index (χ2n) is 8.65. The topological polar surface area (TPSA) is 58.9 Å². The zero-order valence-electron chi connectivity index (χ0n) is 18.6. The molecule has 0 atom stereocenters. The molecule has 1 aliphatic rings. The molecule has 0 aromatic heterocycles. The van der Waals surface area contributed by atoms with Crippen molar-refractivity contribution >= 4 is 6.08 Å². The van der Waals surface area contributed by atoms with Gasteiger partial charge in [-0.3, -0.25) is 0 Å². The van der Waals surface area contributed by atoms with E-state index in [1.54, 1.807) is 19.2 Å². The number of phenols is 2. The summed E-state index contributed by atoms with van der Waals surface area (Å²) in [5.74, 6) is 1.67. The third kappa shape index (κ3) is 4.99. The lowest BCUT2D eigenvalue weighted by atomic mass is 9.89. The van der Waals surface area contributed by atoms with Crippen molar-refractivity contribution in [2.24, 2.45) is 0 Å². The third-order valence-electron chi connectivity index (χ3n) is 5.39. The minimum Gasteiger partial charge on any atom is -0.508 e. The summed E-state index contributed by atoms with van der Waals surface area (Å²) in [4.78, 5) is 0. The number of methoxy groups -OCH3 is 1. The molecule has 4 heteroatoms. The van der Waals surface area contributed by atoms with Crippen LogP contribution in [0.5, 0.6) is 23.0 Å². The Labute approximate surface area is 179 Å². The number of hydrogen-bond acceptors (Lipinski definition) is 4. The molecule has 0 aliphatic carbocycles. The number of hydrogen-bond donors (Lipinski definition) is 2. The van der Waals surface area contributed by atoms with Crippen LogP contribution >= 0.6 is 0 Å². The number of benzene rings is 2. The van der Waals surface area contributed by atoms with E-state index in [2.05, 4.69) is 26.0 Å². The van der Waals surface area contributed by atoms with E-state index in [1.807, 2.05) is 32.1 Å². The van der Waals surface area contributed by atoms with Crippen LogP contribution < -0.4 is 9.47 Å². The third-order valence-corrected chi connectivity index (χ3v) is 5.39. The van der Waals surface area contributed by atoms with Crippen molar-refractivity contribution in [1.82, 2.24) is 0 Å². The van der Waals surface area contributed by atoms with Crippen LogP contribution in [0.3, 0.4) is 0 Å². The van der Waals surface area contributed by atoms with Crippen LogP contribution in [0, 0.1) is 0 Å². The molecule has 0 bridgehead atoms. The molecule has 0 fully saturated rings. The molecule has 0 amide bonds. The number of phenolic OH excluding ortho intramolecular Hbond substituents is 2. The van der Waals surface area contributed by atoms with Crippen molar-refractivity contribution in [3.63, 3.8) is 0 Å². The second-order valence-corrected chi connectivity index (χ2v) is 8.65. The summed E-state index contributed by atoms with van der Waals surface area (Å²) in [6, 6.07) is 7.09. The van der Waals surface area contributed by atoms with Gasteiger partial charge in [0.15, 0.2) is 11.5 Å². The molecule has 0 radical (unpaired) electrons. The first-order valence-corrected chi connectivity index (χ1v) is 10.5. The number of rotatable bonds is 7. The van der Waals surface area contributed by atoms with Gasteiger partial charge in [-0.15, -0.1) is 0 Å². The van der Waals surface area contributed by atoms with Crippen molar-refractivity contribution < 1.29 is 19.7 Å². The van der Waals surface area contributed by atoms with Crippen molar-refractivity contribution in [3.8, 4) is 23.0 Å². The summed E-state index contributed by atoms with van der Waals surface area (Å²) in [6.07, 6.45) is 9.70. The van der Waals surface area contributed by atoms with Gasteiger partial charge in [0, 0.05) is 11.6 Å². The van der Waals surface area contributed by atoms with Crippen molar-refractivity contribution in [1.29, 1.82) is 0 Å². The first-order valence-electron chi connectivity index (χ1n) is 10.5. The Morgan fingerprint density at radius 2 is 1.83 bits per heavy atom. The smallest absolute Gasteiger partial charge is 0.169 e. The number of aryl methyl sites for hydroxylation is 2. The molecular formula is C26H32O4.